The molecular formula is C22H15IN2. The fourth-order valence-corrected chi connectivity index (χ4v) is 3.78. The van der Waals surface area contributed by atoms with Crippen LogP contribution < -0.4 is 0 Å². The Labute approximate surface area is 160 Å². The molecule has 1 aliphatic carbocycles. The maximum atomic E-state index is 4.49. The molecule has 0 saturated heterocycles. The van der Waals surface area contributed by atoms with Crippen LogP contribution in [0.2, 0.25) is 0 Å². The van der Waals surface area contributed by atoms with E-state index in [1.165, 1.54) is 11.1 Å². The lowest BCUT2D eigenvalue weighted by atomic mass is 9.75. The van der Waals surface area contributed by atoms with E-state index in [0.717, 1.165) is 9.27 Å². The molecule has 0 radical (unpaired) electrons. The number of halogens is 1. The van der Waals surface area contributed by atoms with Crippen molar-refractivity contribution in [3.63, 3.8) is 0 Å². The van der Waals surface area contributed by atoms with Gasteiger partial charge in [0.25, 0.3) is 0 Å². The van der Waals surface area contributed by atoms with E-state index in [2.05, 4.69) is 104 Å². The predicted octanol–water partition coefficient (Wildman–Crippen LogP) is 5.09. The van der Waals surface area contributed by atoms with Gasteiger partial charge in [0.2, 0.25) is 0 Å². The van der Waals surface area contributed by atoms with Gasteiger partial charge in [-0.2, -0.15) is 0 Å². The second-order valence-electron chi connectivity index (χ2n) is 5.77. The number of hydrogen-bond donors (Lipinski definition) is 0. The highest BCUT2D eigenvalue weighted by molar-refractivity contribution is 14.1. The molecule has 0 aliphatic heterocycles. The van der Waals surface area contributed by atoms with Crippen LogP contribution in [0.4, 0.5) is 0 Å². The van der Waals surface area contributed by atoms with Crippen LogP contribution in [0.1, 0.15) is 11.1 Å². The van der Waals surface area contributed by atoms with E-state index in [4.69, 9.17) is 0 Å². The summed E-state index contributed by atoms with van der Waals surface area (Å²) in [6.45, 7) is 0. The van der Waals surface area contributed by atoms with Crippen molar-refractivity contribution in [3.05, 3.63) is 123 Å². The maximum absolute atomic E-state index is 4.49. The molecule has 3 aromatic rings. The van der Waals surface area contributed by atoms with Crippen LogP contribution >= 0.6 is 22.6 Å². The standard InChI is InChI=1S/C22H15IN2/c23-21-16-25(17-24-21)22(18-10-4-1-5-11-18,19-12-6-2-7-13-19)20-14-8-3-9-15-20/h1-2,4-8,10-17H. The molecule has 1 heterocycles. The average Bonchev–Trinajstić information content (AvgIpc) is 3.12. The van der Waals surface area contributed by atoms with E-state index in [9.17, 15) is 0 Å². The zero-order valence-electron chi connectivity index (χ0n) is 13.4. The Morgan fingerprint density at radius 1 is 0.880 bits per heavy atom. The molecule has 0 saturated carbocycles. The first-order chi connectivity index (χ1) is 12.3. The third-order valence-corrected chi connectivity index (χ3v) is 4.95. The van der Waals surface area contributed by atoms with E-state index < -0.39 is 5.54 Å². The topological polar surface area (TPSA) is 17.8 Å². The van der Waals surface area contributed by atoms with Gasteiger partial charge in [0, 0.05) is 6.20 Å². The highest BCUT2D eigenvalue weighted by Crippen LogP contribution is 2.41. The molecule has 0 amide bonds. The number of hydrogen-bond acceptors (Lipinski definition) is 1. The third-order valence-electron chi connectivity index (χ3n) is 4.40. The Morgan fingerprint density at radius 2 is 1.52 bits per heavy atom. The molecule has 2 aromatic carbocycles. The predicted molar refractivity (Wildman–Crippen MR) is 108 cm³/mol. The average molecular weight is 434 g/mol. The molecule has 0 N–H and O–H groups in total. The minimum Gasteiger partial charge on any atom is -0.318 e. The highest BCUT2D eigenvalue weighted by Gasteiger charge is 2.39. The molecule has 120 valence electrons. The first-order valence-electron chi connectivity index (χ1n) is 8.01. The van der Waals surface area contributed by atoms with Crippen LogP contribution in [-0.2, 0) is 5.54 Å². The van der Waals surface area contributed by atoms with Gasteiger partial charge in [0.15, 0.2) is 0 Å². The van der Waals surface area contributed by atoms with Crippen molar-refractivity contribution in [3.8, 4) is 0 Å². The summed E-state index contributed by atoms with van der Waals surface area (Å²) in [7, 11) is 0. The van der Waals surface area contributed by atoms with Gasteiger partial charge < -0.3 is 4.57 Å². The summed E-state index contributed by atoms with van der Waals surface area (Å²) in [5.74, 6) is 0. The Balaban J connectivity index is 2.10. The van der Waals surface area contributed by atoms with Gasteiger partial charge in [0.05, 0.1) is 6.33 Å². The van der Waals surface area contributed by atoms with E-state index in [0.29, 0.717) is 0 Å². The zero-order valence-corrected chi connectivity index (χ0v) is 15.6. The van der Waals surface area contributed by atoms with Crippen LogP contribution in [0.5, 0.6) is 0 Å². The van der Waals surface area contributed by atoms with Gasteiger partial charge in [0.1, 0.15) is 9.24 Å². The lowest BCUT2D eigenvalue weighted by Crippen LogP contribution is -2.37. The fraction of sp³-hybridized carbons (Fsp3) is 0.0455. The van der Waals surface area contributed by atoms with Crippen molar-refractivity contribution >= 4 is 22.6 Å². The second-order valence-corrected chi connectivity index (χ2v) is 6.87. The van der Waals surface area contributed by atoms with Crippen molar-refractivity contribution in [2.24, 2.45) is 0 Å². The number of aromatic nitrogens is 2. The van der Waals surface area contributed by atoms with E-state index in [-0.39, 0.29) is 0 Å². The molecule has 0 fully saturated rings. The van der Waals surface area contributed by atoms with Gasteiger partial charge in [-0.25, -0.2) is 4.98 Å². The Hall–Kier alpha value is -2.58. The molecule has 0 spiro atoms. The largest absolute Gasteiger partial charge is 0.318 e. The van der Waals surface area contributed by atoms with Gasteiger partial charge in [-0.15, -0.1) is 0 Å². The molecule has 25 heavy (non-hydrogen) atoms. The zero-order chi connectivity index (χ0) is 17.1. The molecule has 1 aromatic heterocycles. The number of allylic oxidation sites excluding steroid dienone is 4. The molecule has 4 rings (SSSR count). The molecule has 1 aliphatic rings. The normalized spacial score (nSPS) is 13.1. The Morgan fingerprint density at radius 3 is 2.00 bits per heavy atom. The summed E-state index contributed by atoms with van der Waals surface area (Å²) in [5, 5.41) is 0. The summed E-state index contributed by atoms with van der Waals surface area (Å²) < 4.78 is 3.14. The van der Waals surface area contributed by atoms with Crippen LogP contribution in [0, 0.1) is 3.70 Å². The minimum absolute atomic E-state index is 0.509. The van der Waals surface area contributed by atoms with Crippen LogP contribution in [0.15, 0.2) is 108 Å². The molecule has 0 bridgehead atoms. The van der Waals surface area contributed by atoms with Gasteiger partial charge in [-0.3, -0.25) is 0 Å². The molecule has 0 atom stereocenters. The number of imidazole rings is 1. The van der Waals surface area contributed by atoms with E-state index >= 15 is 0 Å². The summed E-state index contributed by atoms with van der Waals surface area (Å²) in [4.78, 5) is 4.49. The second kappa shape index (κ2) is 6.73. The fourth-order valence-electron chi connectivity index (χ4n) is 3.36. The van der Waals surface area contributed by atoms with Gasteiger partial charge >= 0.3 is 0 Å². The molecule has 0 unspecified atom stereocenters. The van der Waals surface area contributed by atoms with Crippen molar-refractivity contribution < 1.29 is 0 Å². The quantitative estimate of drug-likeness (QED) is 0.414. The van der Waals surface area contributed by atoms with Crippen molar-refractivity contribution in [1.82, 2.24) is 9.55 Å². The Bertz CT molecular complexity index is 977. The summed E-state index contributed by atoms with van der Waals surface area (Å²) in [6.07, 6.45) is 10.0. The van der Waals surface area contributed by atoms with Crippen LogP contribution in [-0.4, -0.2) is 9.55 Å². The number of nitrogens with zero attached hydrogens (tertiary/aromatic N) is 2. The molecular weight excluding hydrogens is 419 g/mol. The smallest absolute Gasteiger partial charge is 0.122 e. The monoisotopic (exact) mass is 434 g/mol. The molecule has 3 heteroatoms. The Kier molecular flexibility index (Phi) is 4.29. The number of rotatable bonds is 4. The lowest BCUT2D eigenvalue weighted by Gasteiger charge is -2.37. The summed E-state index contributed by atoms with van der Waals surface area (Å²) >= 11 is 2.25. The maximum Gasteiger partial charge on any atom is 0.122 e. The van der Waals surface area contributed by atoms with Crippen LogP contribution in [0.3, 0.4) is 0 Å². The van der Waals surface area contributed by atoms with E-state index in [1.807, 2.05) is 30.6 Å². The number of benzene rings is 2. The SMILES string of the molecule is Ic1cn(C(C2=CC=C=C=C2)(c2ccccc2)c2ccccc2)cn1. The van der Waals surface area contributed by atoms with Crippen molar-refractivity contribution in [2.45, 2.75) is 5.54 Å². The van der Waals surface area contributed by atoms with Crippen LogP contribution in [0.25, 0.3) is 0 Å². The van der Waals surface area contributed by atoms with Crippen molar-refractivity contribution in [1.29, 1.82) is 0 Å². The van der Waals surface area contributed by atoms with E-state index in [1.54, 1.807) is 0 Å². The van der Waals surface area contributed by atoms with Gasteiger partial charge in [-0.05, 0) is 57.5 Å². The lowest BCUT2D eigenvalue weighted by molar-refractivity contribution is 0.513. The molecule has 2 nitrogen and oxygen atoms in total. The first-order valence-corrected chi connectivity index (χ1v) is 9.09. The summed E-state index contributed by atoms with van der Waals surface area (Å²) in [5.41, 5.74) is 9.10. The minimum atomic E-state index is -0.509. The highest BCUT2D eigenvalue weighted by atomic mass is 127. The van der Waals surface area contributed by atoms with Gasteiger partial charge in [-0.1, -0.05) is 72.1 Å². The summed E-state index contributed by atoms with van der Waals surface area (Å²) in [6, 6.07) is 21.0. The first kappa shape index (κ1) is 15.9. The van der Waals surface area contributed by atoms with Crippen molar-refractivity contribution in [2.75, 3.05) is 0 Å². The third kappa shape index (κ3) is 2.73.